The van der Waals surface area contributed by atoms with Crippen LogP contribution in [0.2, 0.25) is 0 Å². The molecule has 2 unspecified atom stereocenters. The lowest BCUT2D eigenvalue weighted by molar-refractivity contribution is -0.119. The summed E-state index contributed by atoms with van der Waals surface area (Å²) in [5, 5.41) is 3.64. The van der Waals surface area contributed by atoms with E-state index in [1.807, 2.05) is 55.5 Å². The van der Waals surface area contributed by atoms with Crippen molar-refractivity contribution in [3.8, 4) is 0 Å². The van der Waals surface area contributed by atoms with Gasteiger partial charge in [-0.05, 0) is 24.1 Å². The van der Waals surface area contributed by atoms with E-state index in [-0.39, 0.29) is 17.9 Å². The zero-order valence-corrected chi connectivity index (χ0v) is 14.1. The van der Waals surface area contributed by atoms with Gasteiger partial charge in [0.15, 0.2) is 5.13 Å². The molecule has 1 aromatic heterocycles. The Morgan fingerprint density at radius 1 is 1.21 bits per heavy atom. The average Bonchev–Trinajstić information content (AvgIpc) is 3.23. The summed E-state index contributed by atoms with van der Waals surface area (Å²) in [6.45, 7) is 2.62. The van der Waals surface area contributed by atoms with Gasteiger partial charge in [0.25, 0.3) is 0 Å². The van der Waals surface area contributed by atoms with E-state index in [9.17, 15) is 4.79 Å². The van der Waals surface area contributed by atoms with Crippen molar-refractivity contribution in [3.05, 3.63) is 59.7 Å². The van der Waals surface area contributed by atoms with Crippen molar-refractivity contribution in [2.24, 2.45) is 5.92 Å². The Morgan fingerprint density at radius 3 is 2.83 bits per heavy atom. The fraction of sp³-hybridized carbons (Fsp3) is 0.222. The van der Waals surface area contributed by atoms with Gasteiger partial charge < -0.3 is 5.32 Å². The first-order valence-corrected chi connectivity index (χ1v) is 8.74. The van der Waals surface area contributed by atoms with Crippen LogP contribution in [0.25, 0.3) is 10.2 Å². The van der Waals surface area contributed by atoms with E-state index in [0.29, 0.717) is 11.7 Å². The third-order valence-corrected chi connectivity index (χ3v) is 5.26. The number of carbonyl (C=O) groups excluding carboxylic acids is 1. The summed E-state index contributed by atoms with van der Waals surface area (Å²) in [5.41, 5.74) is 9.47. The van der Waals surface area contributed by atoms with Gasteiger partial charge in [-0.15, -0.1) is 0 Å². The number of nitrogens with zero attached hydrogens (tertiary/aromatic N) is 1. The monoisotopic (exact) mass is 338 g/mol. The molecule has 2 aromatic carbocycles. The predicted molar refractivity (Wildman–Crippen MR) is 96.8 cm³/mol. The van der Waals surface area contributed by atoms with E-state index in [1.165, 1.54) is 11.3 Å². The maximum Gasteiger partial charge on any atom is 0.232 e. The molecule has 0 aliphatic carbocycles. The van der Waals surface area contributed by atoms with Gasteiger partial charge in [-0.1, -0.05) is 53.8 Å². The summed E-state index contributed by atoms with van der Waals surface area (Å²) >= 11 is 1.51. The highest BCUT2D eigenvalue weighted by molar-refractivity contribution is 7.22. The second-order valence-corrected chi connectivity index (χ2v) is 6.98. The molecule has 3 N–H and O–H groups in total. The summed E-state index contributed by atoms with van der Waals surface area (Å²) in [6, 6.07) is 16.1. The minimum absolute atomic E-state index is 0.0157. The Bertz CT molecular complexity index is 877. The molecule has 1 aliphatic heterocycles. The first kappa shape index (κ1) is 15.3. The normalized spacial score (nSPS) is 20.4. The van der Waals surface area contributed by atoms with Crippen LogP contribution in [0.4, 0.5) is 5.13 Å². The standard InChI is InChI=1S/C18H18N4OS/c1-11-6-5-9-14-15(11)20-18(24-14)21-17(23)13-10-19-22-16(13)12-7-3-2-4-8-12/h2-9,13,16,19,22H,10H2,1H3,(H,20,21,23). The van der Waals surface area contributed by atoms with E-state index in [1.54, 1.807) is 0 Å². The first-order chi connectivity index (χ1) is 11.7. The molecule has 0 saturated carbocycles. The van der Waals surface area contributed by atoms with Crippen LogP contribution in [0, 0.1) is 12.8 Å². The number of nitrogens with one attached hydrogen (secondary N) is 3. The molecule has 5 nitrogen and oxygen atoms in total. The zero-order chi connectivity index (χ0) is 16.5. The van der Waals surface area contributed by atoms with Gasteiger partial charge in [-0.3, -0.25) is 10.2 Å². The number of hydrogen-bond donors (Lipinski definition) is 3. The molecular weight excluding hydrogens is 320 g/mol. The fourth-order valence-electron chi connectivity index (χ4n) is 3.06. The van der Waals surface area contributed by atoms with Crippen molar-refractivity contribution in [2.45, 2.75) is 13.0 Å². The van der Waals surface area contributed by atoms with Crippen LogP contribution < -0.4 is 16.2 Å². The minimum atomic E-state index is -0.180. The lowest BCUT2D eigenvalue weighted by Gasteiger charge is -2.17. The Morgan fingerprint density at radius 2 is 2.04 bits per heavy atom. The molecule has 1 amide bonds. The lowest BCUT2D eigenvalue weighted by atomic mass is 9.94. The van der Waals surface area contributed by atoms with E-state index < -0.39 is 0 Å². The molecule has 0 spiro atoms. The van der Waals surface area contributed by atoms with E-state index >= 15 is 0 Å². The molecule has 2 atom stereocenters. The number of carbonyl (C=O) groups is 1. The molecular formula is C18H18N4OS. The van der Waals surface area contributed by atoms with Crippen molar-refractivity contribution in [1.29, 1.82) is 0 Å². The Labute approximate surface area is 144 Å². The number of anilines is 1. The molecule has 0 bridgehead atoms. The molecule has 0 radical (unpaired) electrons. The number of hydrazine groups is 1. The van der Waals surface area contributed by atoms with E-state index in [2.05, 4.69) is 21.2 Å². The quantitative estimate of drug-likeness (QED) is 0.687. The molecule has 24 heavy (non-hydrogen) atoms. The number of aryl methyl sites for hydroxylation is 1. The molecule has 1 aliphatic rings. The van der Waals surface area contributed by atoms with Crippen molar-refractivity contribution >= 4 is 32.6 Å². The molecule has 2 heterocycles. The number of para-hydroxylation sites is 1. The topological polar surface area (TPSA) is 66.1 Å². The molecule has 1 saturated heterocycles. The molecule has 3 aromatic rings. The predicted octanol–water partition coefficient (Wildman–Crippen LogP) is 3.01. The number of aromatic nitrogens is 1. The van der Waals surface area contributed by atoms with Crippen LogP contribution in [-0.2, 0) is 4.79 Å². The Hall–Kier alpha value is -2.28. The SMILES string of the molecule is Cc1cccc2sc(NC(=O)C3CNNC3c3ccccc3)nc12. The van der Waals surface area contributed by atoms with Gasteiger partial charge in [0.2, 0.25) is 5.91 Å². The second-order valence-electron chi connectivity index (χ2n) is 5.95. The Balaban J connectivity index is 1.55. The summed E-state index contributed by atoms with van der Waals surface area (Å²) < 4.78 is 1.09. The maximum atomic E-state index is 12.7. The Kier molecular flexibility index (Phi) is 4.02. The number of hydrogen-bond acceptors (Lipinski definition) is 5. The number of rotatable bonds is 3. The van der Waals surface area contributed by atoms with Gasteiger partial charge in [0.1, 0.15) is 0 Å². The van der Waals surface area contributed by atoms with Gasteiger partial charge in [-0.25, -0.2) is 10.4 Å². The average molecular weight is 338 g/mol. The molecule has 4 rings (SSSR count). The third-order valence-electron chi connectivity index (χ3n) is 4.33. The van der Waals surface area contributed by atoms with E-state index in [0.717, 1.165) is 21.3 Å². The fourth-order valence-corrected chi connectivity index (χ4v) is 4.00. The zero-order valence-electron chi connectivity index (χ0n) is 13.2. The second kappa shape index (κ2) is 6.32. The highest BCUT2D eigenvalue weighted by atomic mass is 32.1. The number of amides is 1. The maximum absolute atomic E-state index is 12.7. The van der Waals surface area contributed by atoms with Crippen LogP contribution in [0.5, 0.6) is 0 Å². The smallest absolute Gasteiger partial charge is 0.232 e. The van der Waals surface area contributed by atoms with Crippen molar-refractivity contribution in [3.63, 3.8) is 0 Å². The van der Waals surface area contributed by atoms with Crippen LogP contribution in [0.3, 0.4) is 0 Å². The molecule has 1 fully saturated rings. The third kappa shape index (κ3) is 2.80. The van der Waals surface area contributed by atoms with Crippen LogP contribution >= 0.6 is 11.3 Å². The highest BCUT2D eigenvalue weighted by Gasteiger charge is 2.34. The number of fused-ring (bicyclic) bond motifs is 1. The lowest BCUT2D eigenvalue weighted by Crippen LogP contribution is -2.29. The largest absolute Gasteiger partial charge is 0.302 e. The van der Waals surface area contributed by atoms with Crippen molar-refractivity contribution in [1.82, 2.24) is 15.8 Å². The van der Waals surface area contributed by atoms with Gasteiger partial charge >= 0.3 is 0 Å². The van der Waals surface area contributed by atoms with E-state index in [4.69, 9.17) is 0 Å². The van der Waals surface area contributed by atoms with Crippen LogP contribution in [-0.4, -0.2) is 17.4 Å². The molecule has 6 heteroatoms. The molecule has 122 valence electrons. The summed E-state index contributed by atoms with van der Waals surface area (Å²) in [4.78, 5) is 17.3. The summed E-state index contributed by atoms with van der Waals surface area (Å²) in [7, 11) is 0. The van der Waals surface area contributed by atoms with Gasteiger partial charge in [0.05, 0.1) is 22.2 Å². The number of benzene rings is 2. The van der Waals surface area contributed by atoms with Gasteiger partial charge in [-0.2, -0.15) is 0 Å². The van der Waals surface area contributed by atoms with Crippen molar-refractivity contribution in [2.75, 3.05) is 11.9 Å². The first-order valence-electron chi connectivity index (χ1n) is 7.93. The van der Waals surface area contributed by atoms with Crippen LogP contribution in [0.1, 0.15) is 17.2 Å². The van der Waals surface area contributed by atoms with Crippen LogP contribution in [0.15, 0.2) is 48.5 Å². The van der Waals surface area contributed by atoms with Gasteiger partial charge in [0, 0.05) is 6.54 Å². The summed E-state index contributed by atoms with van der Waals surface area (Å²) in [5.74, 6) is -0.196. The van der Waals surface area contributed by atoms with Crippen molar-refractivity contribution < 1.29 is 4.79 Å². The minimum Gasteiger partial charge on any atom is -0.302 e. The summed E-state index contributed by atoms with van der Waals surface area (Å²) in [6.07, 6.45) is 0. The highest BCUT2D eigenvalue weighted by Crippen LogP contribution is 2.30. The number of thiazole rings is 1.